The lowest BCUT2D eigenvalue weighted by molar-refractivity contribution is 0.536. The van der Waals surface area contributed by atoms with Gasteiger partial charge in [-0.15, -0.1) is 0 Å². The van der Waals surface area contributed by atoms with E-state index in [0.717, 1.165) is 22.8 Å². The molecule has 2 aromatic rings. The Bertz CT molecular complexity index is 603. The summed E-state index contributed by atoms with van der Waals surface area (Å²) in [5.41, 5.74) is 8.37. The van der Waals surface area contributed by atoms with E-state index >= 15 is 0 Å². The van der Waals surface area contributed by atoms with Gasteiger partial charge in [-0.1, -0.05) is 15.9 Å². The molecule has 2 N–H and O–H groups in total. The molecule has 3 rings (SSSR count). The molecule has 0 spiro atoms. The molecular weight excluding hydrogens is 302 g/mol. The first-order chi connectivity index (χ1) is 9.06. The Morgan fingerprint density at radius 2 is 2.16 bits per heavy atom. The fourth-order valence-corrected chi connectivity index (χ4v) is 3.52. The average molecular weight is 322 g/mol. The monoisotopic (exact) mass is 321 g/mol. The van der Waals surface area contributed by atoms with Crippen molar-refractivity contribution in [3.63, 3.8) is 0 Å². The number of nitrogens with two attached hydrogens (primary N) is 1. The molecule has 1 fully saturated rings. The predicted molar refractivity (Wildman–Crippen MR) is 82.4 cm³/mol. The Balaban J connectivity index is 2.14. The van der Waals surface area contributed by atoms with Gasteiger partial charge >= 0.3 is 0 Å². The summed E-state index contributed by atoms with van der Waals surface area (Å²) in [6.07, 6.45) is 3.35. The summed E-state index contributed by atoms with van der Waals surface area (Å²) in [7, 11) is 0. The Labute approximate surface area is 122 Å². The van der Waals surface area contributed by atoms with E-state index in [1.54, 1.807) is 0 Å². The first-order valence-corrected chi connectivity index (χ1v) is 7.78. The molecule has 3 nitrogen and oxygen atoms in total. The van der Waals surface area contributed by atoms with Crippen molar-refractivity contribution in [1.29, 1.82) is 0 Å². The SMILES string of the molecule is CC(C)n1c(C2CCC(N)C2)nc2cc(Br)ccc21. The van der Waals surface area contributed by atoms with E-state index in [9.17, 15) is 0 Å². The largest absolute Gasteiger partial charge is 0.328 e. The summed E-state index contributed by atoms with van der Waals surface area (Å²) in [5, 5.41) is 0. The van der Waals surface area contributed by atoms with E-state index in [-0.39, 0.29) is 0 Å². The minimum Gasteiger partial charge on any atom is -0.328 e. The van der Waals surface area contributed by atoms with E-state index in [1.807, 2.05) is 0 Å². The molecule has 1 aliphatic carbocycles. The van der Waals surface area contributed by atoms with Gasteiger partial charge in [0.05, 0.1) is 11.0 Å². The third kappa shape index (κ3) is 2.32. The third-order valence-electron chi connectivity index (χ3n) is 4.03. The Morgan fingerprint density at radius 3 is 2.79 bits per heavy atom. The molecule has 0 aliphatic heterocycles. The van der Waals surface area contributed by atoms with Crippen molar-refractivity contribution in [3.05, 3.63) is 28.5 Å². The van der Waals surface area contributed by atoms with Gasteiger partial charge in [-0.2, -0.15) is 0 Å². The molecule has 2 unspecified atom stereocenters. The van der Waals surface area contributed by atoms with Gasteiger partial charge in [0.25, 0.3) is 0 Å². The van der Waals surface area contributed by atoms with Gasteiger partial charge in [0.2, 0.25) is 0 Å². The van der Waals surface area contributed by atoms with Crippen LogP contribution in [-0.4, -0.2) is 15.6 Å². The zero-order valence-electron chi connectivity index (χ0n) is 11.4. The fourth-order valence-electron chi connectivity index (χ4n) is 3.17. The fraction of sp³-hybridized carbons (Fsp3) is 0.533. The molecular formula is C15H20BrN3. The first-order valence-electron chi connectivity index (χ1n) is 6.99. The summed E-state index contributed by atoms with van der Waals surface area (Å²) in [5.74, 6) is 1.74. The lowest BCUT2D eigenvalue weighted by atomic mass is 10.1. The maximum atomic E-state index is 6.06. The molecule has 1 aliphatic rings. The van der Waals surface area contributed by atoms with E-state index in [2.05, 4.69) is 52.5 Å². The highest BCUT2D eigenvalue weighted by Gasteiger charge is 2.28. The van der Waals surface area contributed by atoms with Gasteiger partial charge in [0, 0.05) is 22.5 Å². The second kappa shape index (κ2) is 4.91. The number of hydrogen-bond donors (Lipinski definition) is 1. The molecule has 1 heterocycles. The lowest BCUT2D eigenvalue weighted by Crippen LogP contribution is -2.16. The van der Waals surface area contributed by atoms with E-state index in [1.165, 1.54) is 17.8 Å². The number of imidazole rings is 1. The summed E-state index contributed by atoms with van der Waals surface area (Å²) >= 11 is 3.53. The lowest BCUT2D eigenvalue weighted by Gasteiger charge is -2.17. The first kappa shape index (κ1) is 13.1. The van der Waals surface area contributed by atoms with Gasteiger partial charge in [0.15, 0.2) is 0 Å². The smallest absolute Gasteiger partial charge is 0.113 e. The zero-order chi connectivity index (χ0) is 13.6. The van der Waals surface area contributed by atoms with Crippen LogP contribution in [0, 0.1) is 0 Å². The van der Waals surface area contributed by atoms with Crippen LogP contribution >= 0.6 is 15.9 Å². The third-order valence-corrected chi connectivity index (χ3v) is 4.53. The van der Waals surface area contributed by atoms with Gasteiger partial charge in [-0.25, -0.2) is 4.98 Å². The van der Waals surface area contributed by atoms with Crippen molar-refractivity contribution in [1.82, 2.24) is 9.55 Å². The number of aromatic nitrogens is 2. The average Bonchev–Trinajstić information content (AvgIpc) is 2.91. The van der Waals surface area contributed by atoms with E-state index < -0.39 is 0 Å². The second-order valence-electron chi connectivity index (χ2n) is 5.84. The van der Waals surface area contributed by atoms with Crippen molar-refractivity contribution in [2.45, 2.75) is 51.1 Å². The maximum absolute atomic E-state index is 6.06. The minimum absolute atomic E-state index is 0.345. The molecule has 0 saturated heterocycles. The minimum atomic E-state index is 0.345. The molecule has 0 radical (unpaired) electrons. The van der Waals surface area contributed by atoms with Crippen molar-refractivity contribution in [2.75, 3.05) is 0 Å². The Morgan fingerprint density at radius 1 is 1.37 bits per heavy atom. The summed E-state index contributed by atoms with van der Waals surface area (Å²) < 4.78 is 3.47. The van der Waals surface area contributed by atoms with Gasteiger partial charge < -0.3 is 10.3 Å². The molecule has 0 bridgehead atoms. The summed E-state index contributed by atoms with van der Waals surface area (Å²) in [6.45, 7) is 4.45. The van der Waals surface area contributed by atoms with Crippen LogP contribution < -0.4 is 5.73 Å². The molecule has 19 heavy (non-hydrogen) atoms. The van der Waals surface area contributed by atoms with Crippen LogP contribution in [-0.2, 0) is 0 Å². The quantitative estimate of drug-likeness (QED) is 0.909. The molecule has 1 aromatic carbocycles. The number of fused-ring (bicyclic) bond motifs is 1. The van der Waals surface area contributed by atoms with Crippen LogP contribution in [0.1, 0.15) is 50.9 Å². The van der Waals surface area contributed by atoms with Gasteiger partial charge in [0.1, 0.15) is 5.82 Å². The maximum Gasteiger partial charge on any atom is 0.113 e. The van der Waals surface area contributed by atoms with Crippen molar-refractivity contribution in [3.8, 4) is 0 Å². The van der Waals surface area contributed by atoms with Crippen LogP contribution in [0.2, 0.25) is 0 Å². The highest BCUT2D eigenvalue weighted by molar-refractivity contribution is 9.10. The number of benzene rings is 1. The normalized spacial score (nSPS) is 23.6. The topological polar surface area (TPSA) is 43.8 Å². The van der Waals surface area contributed by atoms with Crippen LogP contribution in [0.3, 0.4) is 0 Å². The molecule has 0 amide bonds. The van der Waals surface area contributed by atoms with Crippen LogP contribution in [0.15, 0.2) is 22.7 Å². The molecule has 2 atom stereocenters. The molecule has 102 valence electrons. The van der Waals surface area contributed by atoms with Crippen molar-refractivity contribution < 1.29 is 0 Å². The van der Waals surface area contributed by atoms with Crippen LogP contribution in [0.5, 0.6) is 0 Å². The number of nitrogens with zero attached hydrogens (tertiary/aromatic N) is 2. The number of hydrogen-bond acceptors (Lipinski definition) is 2. The van der Waals surface area contributed by atoms with Crippen molar-refractivity contribution >= 4 is 27.0 Å². The van der Waals surface area contributed by atoms with Crippen molar-refractivity contribution in [2.24, 2.45) is 5.73 Å². The standard InChI is InChI=1S/C15H20BrN3/c1-9(2)19-14-6-4-11(16)8-13(14)18-15(19)10-3-5-12(17)7-10/h4,6,8-10,12H,3,5,7,17H2,1-2H3. The van der Waals surface area contributed by atoms with Gasteiger partial charge in [-0.3, -0.25) is 0 Å². The number of halogens is 1. The molecule has 1 aromatic heterocycles. The Hall–Kier alpha value is -0.870. The van der Waals surface area contributed by atoms with Crippen LogP contribution in [0.25, 0.3) is 11.0 Å². The zero-order valence-corrected chi connectivity index (χ0v) is 13.0. The van der Waals surface area contributed by atoms with Gasteiger partial charge in [-0.05, 0) is 51.3 Å². The van der Waals surface area contributed by atoms with Crippen LogP contribution in [0.4, 0.5) is 0 Å². The highest BCUT2D eigenvalue weighted by atomic mass is 79.9. The second-order valence-corrected chi connectivity index (χ2v) is 6.75. The Kier molecular flexibility index (Phi) is 3.39. The predicted octanol–water partition coefficient (Wildman–Crippen LogP) is 3.97. The number of rotatable bonds is 2. The summed E-state index contributed by atoms with van der Waals surface area (Å²) in [6, 6.07) is 7.12. The molecule has 1 saturated carbocycles. The molecule has 4 heteroatoms. The van der Waals surface area contributed by atoms with E-state index in [0.29, 0.717) is 18.0 Å². The van der Waals surface area contributed by atoms with E-state index in [4.69, 9.17) is 10.7 Å². The summed E-state index contributed by atoms with van der Waals surface area (Å²) in [4.78, 5) is 4.89. The highest BCUT2D eigenvalue weighted by Crippen LogP contribution is 2.36.